The Bertz CT molecular complexity index is 343. The van der Waals surface area contributed by atoms with Crippen molar-refractivity contribution in [2.45, 2.75) is 19.4 Å². The summed E-state index contributed by atoms with van der Waals surface area (Å²) in [5.41, 5.74) is 0. The van der Waals surface area contributed by atoms with Gasteiger partial charge in [-0.05, 0) is 18.0 Å². The summed E-state index contributed by atoms with van der Waals surface area (Å²) in [4.78, 5) is 13.8. The number of aliphatic hydroxyl groups is 1. The Morgan fingerprint density at radius 3 is 2.56 bits per heavy atom. The van der Waals surface area contributed by atoms with E-state index in [0.717, 1.165) is 6.42 Å². The molecule has 0 aliphatic rings. The van der Waals surface area contributed by atoms with Crippen molar-refractivity contribution in [1.82, 2.24) is 15.0 Å². The molecule has 1 atom stereocenters. The molecule has 0 saturated heterocycles. The summed E-state index contributed by atoms with van der Waals surface area (Å²) in [7, 11) is 3.64. The van der Waals surface area contributed by atoms with E-state index in [1.54, 1.807) is 4.90 Å². The van der Waals surface area contributed by atoms with E-state index in [9.17, 15) is 0 Å². The van der Waals surface area contributed by atoms with E-state index >= 15 is 0 Å². The van der Waals surface area contributed by atoms with Gasteiger partial charge in [0.15, 0.2) is 0 Å². The molecule has 6 nitrogen and oxygen atoms in total. The molecule has 1 aromatic rings. The highest BCUT2D eigenvalue weighted by atomic mass is 35.5. The van der Waals surface area contributed by atoms with Crippen molar-refractivity contribution in [2.24, 2.45) is 0 Å². The van der Waals surface area contributed by atoms with Gasteiger partial charge < -0.3 is 15.3 Å². The molecule has 16 heavy (non-hydrogen) atoms. The van der Waals surface area contributed by atoms with Gasteiger partial charge in [0.25, 0.3) is 0 Å². The number of hydrogen-bond acceptors (Lipinski definition) is 6. The highest BCUT2D eigenvalue weighted by molar-refractivity contribution is 6.28. The Morgan fingerprint density at radius 1 is 1.38 bits per heavy atom. The quantitative estimate of drug-likeness (QED) is 0.799. The predicted octanol–water partition coefficient (Wildman–Crippen LogP) is 0.774. The van der Waals surface area contributed by atoms with Crippen LogP contribution in [0.2, 0.25) is 5.28 Å². The van der Waals surface area contributed by atoms with Crippen LogP contribution < -0.4 is 10.2 Å². The van der Waals surface area contributed by atoms with Crippen LogP contribution in [0.5, 0.6) is 0 Å². The number of nitrogens with one attached hydrogen (secondary N) is 1. The van der Waals surface area contributed by atoms with Crippen molar-refractivity contribution < 1.29 is 5.11 Å². The normalized spacial score (nSPS) is 12.3. The number of nitrogens with zero attached hydrogens (tertiary/aromatic N) is 4. The Morgan fingerprint density at radius 2 is 2.06 bits per heavy atom. The Labute approximate surface area is 99.7 Å². The Hall–Kier alpha value is -1.14. The van der Waals surface area contributed by atoms with Crippen LogP contribution in [0.3, 0.4) is 0 Å². The maximum atomic E-state index is 9.06. The Balaban J connectivity index is 2.87. The Kier molecular flexibility index (Phi) is 4.70. The van der Waals surface area contributed by atoms with Crippen molar-refractivity contribution in [2.75, 3.05) is 30.9 Å². The minimum absolute atomic E-state index is 0.0249. The van der Waals surface area contributed by atoms with E-state index in [1.165, 1.54) is 0 Å². The second-order valence-electron chi connectivity index (χ2n) is 3.55. The number of aliphatic hydroxyl groups excluding tert-OH is 1. The van der Waals surface area contributed by atoms with Crippen molar-refractivity contribution in [1.29, 1.82) is 0 Å². The van der Waals surface area contributed by atoms with Crippen LogP contribution in [-0.4, -0.2) is 46.8 Å². The van der Waals surface area contributed by atoms with Crippen LogP contribution in [0.4, 0.5) is 11.9 Å². The number of anilines is 2. The largest absolute Gasteiger partial charge is 0.394 e. The van der Waals surface area contributed by atoms with E-state index in [-0.39, 0.29) is 17.9 Å². The lowest BCUT2D eigenvalue weighted by atomic mass is 10.2. The summed E-state index contributed by atoms with van der Waals surface area (Å²) in [6, 6.07) is -0.0755. The smallest absolute Gasteiger partial charge is 0.230 e. The molecule has 0 amide bonds. The van der Waals surface area contributed by atoms with Gasteiger partial charge in [0.1, 0.15) is 0 Å². The molecule has 1 rings (SSSR count). The van der Waals surface area contributed by atoms with Gasteiger partial charge in [-0.1, -0.05) is 6.92 Å². The van der Waals surface area contributed by atoms with E-state index < -0.39 is 0 Å². The molecule has 2 N–H and O–H groups in total. The third-order valence-corrected chi connectivity index (χ3v) is 2.21. The molecule has 1 unspecified atom stereocenters. The first kappa shape index (κ1) is 12.9. The molecule has 0 radical (unpaired) electrons. The summed E-state index contributed by atoms with van der Waals surface area (Å²) in [6.45, 7) is 1.99. The first-order valence-corrected chi connectivity index (χ1v) is 5.41. The van der Waals surface area contributed by atoms with Gasteiger partial charge in [0, 0.05) is 14.1 Å². The van der Waals surface area contributed by atoms with Crippen LogP contribution >= 0.6 is 11.6 Å². The average molecular weight is 246 g/mol. The zero-order valence-corrected chi connectivity index (χ0v) is 10.4. The summed E-state index contributed by atoms with van der Waals surface area (Å²) in [5, 5.41) is 12.2. The minimum Gasteiger partial charge on any atom is -0.394 e. The number of aromatic nitrogens is 3. The first-order valence-electron chi connectivity index (χ1n) is 5.03. The standard InChI is InChI=1S/C9H16ClN5O/c1-4-6(5-16)11-8-12-7(10)13-9(14-8)15(2)3/h6,16H,4-5H2,1-3H3,(H,11,12,13,14). The fraction of sp³-hybridized carbons (Fsp3) is 0.667. The van der Waals surface area contributed by atoms with E-state index in [4.69, 9.17) is 16.7 Å². The monoisotopic (exact) mass is 245 g/mol. The van der Waals surface area contributed by atoms with E-state index in [0.29, 0.717) is 11.9 Å². The van der Waals surface area contributed by atoms with Gasteiger partial charge in [-0.2, -0.15) is 15.0 Å². The fourth-order valence-corrected chi connectivity index (χ4v) is 1.22. The lowest BCUT2D eigenvalue weighted by Crippen LogP contribution is -2.25. The average Bonchev–Trinajstić information content (AvgIpc) is 2.25. The van der Waals surface area contributed by atoms with Gasteiger partial charge in [-0.3, -0.25) is 0 Å². The first-order chi connectivity index (χ1) is 7.56. The summed E-state index contributed by atoms with van der Waals surface area (Å²) in [6.07, 6.45) is 0.775. The number of rotatable bonds is 5. The van der Waals surface area contributed by atoms with Crippen molar-refractivity contribution in [3.8, 4) is 0 Å². The SMILES string of the molecule is CCC(CO)Nc1nc(Cl)nc(N(C)C)n1. The zero-order valence-electron chi connectivity index (χ0n) is 9.61. The highest BCUT2D eigenvalue weighted by Gasteiger charge is 2.10. The van der Waals surface area contributed by atoms with Crippen molar-refractivity contribution in [3.05, 3.63) is 5.28 Å². The second kappa shape index (κ2) is 5.81. The van der Waals surface area contributed by atoms with Crippen LogP contribution in [-0.2, 0) is 0 Å². The molecule has 90 valence electrons. The highest BCUT2D eigenvalue weighted by Crippen LogP contribution is 2.12. The number of halogens is 1. The zero-order chi connectivity index (χ0) is 12.1. The van der Waals surface area contributed by atoms with Crippen LogP contribution in [0.25, 0.3) is 0 Å². The molecule has 0 aliphatic heterocycles. The molecular weight excluding hydrogens is 230 g/mol. The van der Waals surface area contributed by atoms with E-state index in [1.807, 2.05) is 21.0 Å². The predicted molar refractivity (Wildman–Crippen MR) is 64.0 cm³/mol. The molecule has 0 fully saturated rings. The lowest BCUT2D eigenvalue weighted by molar-refractivity contribution is 0.271. The van der Waals surface area contributed by atoms with Crippen LogP contribution in [0.15, 0.2) is 0 Å². The molecule has 7 heteroatoms. The minimum atomic E-state index is -0.0755. The molecule has 0 saturated carbocycles. The molecule has 0 bridgehead atoms. The molecule has 0 spiro atoms. The van der Waals surface area contributed by atoms with Crippen molar-refractivity contribution in [3.63, 3.8) is 0 Å². The molecule has 1 aromatic heterocycles. The summed E-state index contributed by atoms with van der Waals surface area (Å²) >= 11 is 5.77. The van der Waals surface area contributed by atoms with Crippen LogP contribution in [0.1, 0.15) is 13.3 Å². The van der Waals surface area contributed by atoms with Gasteiger partial charge >= 0.3 is 0 Å². The molecule has 1 heterocycles. The maximum Gasteiger partial charge on any atom is 0.230 e. The van der Waals surface area contributed by atoms with Gasteiger partial charge in [-0.25, -0.2) is 0 Å². The summed E-state index contributed by atoms with van der Waals surface area (Å²) < 4.78 is 0. The van der Waals surface area contributed by atoms with Crippen LogP contribution in [0, 0.1) is 0 Å². The topological polar surface area (TPSA) is 74.2 Å². The van der Waals surface area contributed by atoms with Gasteiger partial charge in [-0.15, -0.1) is 0 Å². The molecule has 0 aliphatic carbocycles. The van der Waals surface area contributed by atoms with Gasteiger partial charge in [0.05, 0.1) is 12.6 Å². The number of hydrogen-bond donors (Lipinski definition) is 2. The third kappa shape index (κ3) is 3.46. The van der Waals surface area contributed by atoms with Gasteiger partial charge in [0.2, 0.25) is 17.2 Å². The maximum absolute atomic E-state index is 9.06. The molecule has 0 aromatic carbocycles. The summed E-state index contributed by atoms with van der Waals surface area (Å²) in [5.74, 6) is 0.861. The third-order valence-electron chi connectivity index (χ3n) is 2.04. The second-order valence-corrected chi connectivity index (χ2v) is 3.89. The lowest BCUT2D eigenvalue weighted by Gasteiger charge is -2.16. The van der Waals surface area contributed by atoms with Crippen molar-refractivity contribution >= 4 is 23.5 Å². The fourth-order valence-electron chi connectivity index (χ4n) is 1.06. The van der Waals surface area contributed by atoms with E-state index in [2.05, 4.69) is 20.3 Å². The molecular formula is C9H16ClN5O.